The van der Waals surface area contributed by atoms with E-state index < -0.39 is 92.9 Å². The van der Waals surface area contributed by atoms with Gasteiger partial charge in [-0.05, 0) is 215 Å². The van der Waals surface area contributed by atoms with Gasteiger partial charge in [0.25, 0.3) is 20.2 Å². The van der Waals surface area contributed by atoms with Crippen LogP contribution in [-0.2, 0) is 123 Å². The van der Waals surface area contributed by atoms with E-state index in [9.17, 15) is 65.5 Å². The molecule has 0 saturated carbocycles. The Morgan fingerprint density at radius 3 is 0.711 bits per heavy atom. The van der Waals surface area contributed by atoms with Crippen LogP contribution in [0.1, 0.15) is 263 Å². The third-order valence-corrected chi connectivity index (χ3v) is 20.8. The highest BCUT2D eigenvalue weighted by atomic mass is 32.2. The van der Waals surface area contributed by atoms with Crippen LogP contribution in [0.2, 0.25) is 0 Å². The van der Waals surface area contributed by atoms with Crippen LogP contribution in [-0.4, -0.2) is 207 Å². The minimum Gasteiger partial charge on any atom is -0.469 e. The Morgan fingerprint density at radius 1 is 0.423 bits per heavy atom. The zero-order chi connectivity index (χ0) is 83.1. The van der Waals surface area contributed by atoms with Gasteiger partial charge in [0.2, 0.25) is 15.9 Å². The molecule has 3 atom stereocenters. The second-order valence-electron chi connectivity index (χ2n) is 33.6. The van der Waals surface area contributed by atoms with Crippen molar-refractivity contribution in [1.82, 2.24) is 9.21 Å². The quantitative estimate of drug-likeness (QED) is 0.182. The zero-order valence-electron chi connectivity index (χ0n) is 70.7. The van der Waals surface area contributed by atoms with Crippen LogP contribution in [0.15, 0.2) is 0 Å². The SMILES string of the molecule is CC(=O)C(C)(C)C.CC(=O)OC(C)(C)C.CC(C)(C)OS(C)(=O)=O.CC(C)(C)S(C)(=O)=O.CN(C)C(=O)C(C)(C)C.CN(C)S(=O)(=O)C(C)(C)C.COC(=O)C(C)(C)C.COC(C)(C)C.COS(=O)(=O)C(C)(C)C.COS(=O)C(C)(C)C.CS(=O)C(C)(C)C.CS(=O)OC(C)(C)C. The van der Waals surface area contributed by atoms with Gasteiger partial charge >= 0.3 is 11.9 Å². The van der Waals surface area contributed by atoms with Crippen molar-refractivity contribution in [2.75, 3.05) is 81.7 Å². The molecule has 1 amide bonds. The number of carbonyl (C=O) groups excluding carboxylic acids is 4. The van der Waals surface area contributed by atoms with Crippen molar-refractivity contribution < 1.29 is 96.4 Å². The molecule has 0 rings (SSSR count). The number of nitrogens with zero attached hydrogens (tertiary/aromatic N) is 2. The van der Waals surface area contributed by atoms with Gasteiger partial charge in [-0.1, -0.05) is 41.5 Å². The largest absolute Gasteiger partial charge is 0.469 e. The summed E-state index contributed by atoms with van der Waals surface area (Å²) < 4.78 is 149. The summed E-state index contributed by atoms with van der Waals surface area (Å²) in [7, 11) is -0.877. The van der Waals surface area contributed by atoms with E-state index in [-0.39, 0.29) is 66.2 Å². The zero-order valence-corrected chi connectivity index (χ0v) is 76.4. The Morgan fingerprint density at radius 2 is 0.711 bits per heavy atom. The molecule has 0 aromatic carbocycles. The Labute approximate surface area is 605 Å². The number of ether oxygens (including phenoxy) is 3. The summed E-state index contributed by atoms with van der Waals surface area (Å²) in [4.78, 5) is 44.0. The first-order chi connectivity index (χ1) is 41.1. The molecule has 0 aliphatic rings. The fourth-order valence-electron chi connectivity index (χ4n) is 3.26. The first kappa shape index (κ1) is 122. The number of carbonyl (C=O) groups is 4. The van der Waals surface area contributed by atoms with E-state index in [1.165, 1.54) is 45.1 Å². The number of amides is 1. The van der Waals surface area contributed by atoms with E-state index in [1.807, 2.05) is 166 Å². The molecule has 97 heavy (non-hydrogen) atoms. The molecule has 0 heterocycles. The number of ketones is 1. The summed E-state index contributed by atoms with van der Waals surface area (Å²) in [5.41, 5.74) is -1.89. The van der Waals surface area contributed by atoms with E-state index in [0.29, 0.717) is 0 Å². The van der Waals surface area contributed by atoms with Gasteiger partial charge in [-0.25, -0.2) is 29.6 Å². The smallest absolute Gasteiger partial charge is 0.310 e. The van der Waals surface area contributed by atoms with Gasteiger partial charge in [0.15, 0.2) is 32.0 Å². The second kappa shape index (κ2) is 49.7. The Hall–Kier alpha value is -1.91. The van der Waals surface area contributed by atoms with Crippen LogP contribution in [0.4, 0.5) is 0 Å². The predicted octanol–water partition coefficient (Wildman–Crippen LogP) is 13.1. The van der Waals surface area contributed by atoms with Gasteiger partial charge in [-0.2, -0.15) is 16.8 Å². The Bertz CT molecular complexity index is 2620. The number of hydrogen-bond acceptors (Lipinski definition) is 22. The van der Waals surface area contributed by atoms with Gasteiger partial charge in [0.1, 0.15) is 11.4 Å². The van der Waals surface area contributed by atoms with Crippen molar-refractivity contribution in [3.8, 4) is 0 Å². The molecule has 0 aliphatic heterocycles. The number of sulfonamides is 1. The number of rotatable bonds is 5. The molecule has 0 N–H and O–H groups in total. The third-order valence-electron chi connectivity index (χ3n) is 9.58. The number of methoxy groups -OCH3 is 2. The van der Waals surface area contributed by atoms with Crippen molar-refractivity contribution in [1.29, 1.82) is 0 Å². The number of Topliss-reactive ketones (excluding diaryl/α,β-unsaturated/α-hetero) is 1. The average Bonchev–Trinajstić information content (AvgIpc) is 0.839. The minimum atomic E-state index is -3.34. The van der Waals surface area contributed by atoms with E-state index >= 15 is 0 Å². The molecule has 0 radical (unpaired) electrons. The van der Waals surface area contributed by atoms with Gasteiger partial charge in [-0.15, -0.1) is 0 Å². The molecular formula is C66H150N2O22S7. The number of hydrogen-bond donors (Lipinski definition) is 0. The maximum atomic E-state index is 11.3. The molecule has 0 aliphatic carbocycles. The van der Waals surface area contributed by atoms with Crippen molar-refractivity contribution in [2.24, 2.45) is 16.2 Å². The summed E-state index contributed by atoms with van der Waals surface area (Å²) in [5.74, 6) is 0.0185. The molecule has 24 nitrogen and oxygen atoms in total. The highest BCUT2D eigenvalue weighted by Gasteiger charge is 2.31. The normalized spacial score (nSPS) is 13.4. The maximum absolute atomic E-state index is 11.3. The lowest BCUT2D eigenvalue weighted by Gasteiger charge is -2.23. The van der Waals surface area contributed by atoms with Crippen molar-refractivity contribution in [3.63, 3.8) is 0 Å². The van der Waals surface area contributed by atoms with E-state index in [0.717, 1.165) is 6.26 Å². The molecule has 0 bridgehead atoms. The second-order valence-corrected chi connectivity index (χ2v) is 48.5. The van der Waals surface area contributed by atoms with Crippen LogP contribution in [0.3, 0.4) is 0 Å². The molecule has 3 unspecified atom stereocenters. The first-order valence-electron chi connectivity index (χ1n) is 30.8. The standard InChI is InChI=1S/C7H15NO.C6H15NO2S.2C6H12O2.C6H12O.2C5H12O3S.3C5H12O2S.C5H12OS.C5H12O/c1-7(2,3)6(9)8(4)5;1-6(2,3)10(8,9)7(4)5;1-6(2,3)5(7)8-4;1-5(7)8-6(2,3)4;1-5(7)6(2,3)4;1-5(2,3)8-9(4,6)7;1-5(2,3)9(6,7)8-4;1-5(2,3)8(4,6)7;1-5(2,3)7-8(4)6;1-5(2,3)8(6)7-4;1-5(2,3)7(4)6;1-5(2,3)6-4/h1-5H3;1-5H3;2*1-4H3;1-4H3;2*1-4H3;3*1-4H3;1-4H3;1-4H3. The molecule has 31 heteroatoms. The molecule has 598 valence electrons. The van der Waals surface area contributed by atoms with E-state index in [4.69, 9.17) is 13.7 Å². The van der Waals surface area contributed by atoms with Crippen LogP contribution in [0.25, 0.3) is 0 Å². The molecule has 0 fully saturated rings. The van der Waals surface area contributed by atoms with Crippen LogP contribution in [0.5, 0.6) is 0 Å². The lowest BCUT2D eigenvalue weighted by atomic mass is 9.92. The molecular weight excluding hydrogens is 1400 g/mol. The summed E-state index contributed by atoms with van der Waals surface area (Å²) in [6.45, 7) is 68.6. The Kier molecular flexibility index (Phi) is 62.5. The highest BCUT2D eigenvalue weighted by Crippen LogP contribution is 2.19. The predicted molar refractivity (Wildman–Crippen MR) is 410 cm³/mol. The van der Waals surface area contributed by atoms with Crippen molar-refractivity contribution >= 4 is 96.7 Å². The van der Waals surface area contributed by atoms with E-state index in [2.05, 4.69) is 17.3 Å². The van der Waals surface area contributed by atoms with Crippen molar-refractivity contribution in [2.45, 2.75) is 309 Å². The van der Waals surface area contributed by atoms with Gasteiger partial charge in [-0.3, -0.25) is 40.1 Å². The third kappa shape index (κ3) is 96.2. The molecule has 0 aromatic rings. The lowest BCUT2D eigenvalue weighted by Crippen LogP contribution is -2.38. The summed E-state index contributed by atoms with van der Waals surface area (Å²) in [6, 6.07) is 0. The summed E-state index contributed by atoms with van der Waals surface area (Å²) in [5, 5.41) is 0. The number of esters is 2. The monoisotopic (exact) mass is 1550 g/mol. The van der Waals surface area contributed by atoms with Crippen LogP contribution in [0, 0.1) is 16.2 Å². The van der Waals surface area contributed by atoms with Gasteiger partial charge in [0, 0.05) is 87.4 Å². The Balaban J connectivity index is -0.0000000814. The molecule has 0 saturated heterocycles. The fraction of sp³-hybridized carbons (Fsp3) is 0.939. The molecule has 0 aromatic heterocycles. The summed E-state index contributed by atoms with van der Waals surface area (Å²) in [6.07, 6.45) is 5.52. The number of sulfone groups is 1. The van der Waals surface area contributed by atoms with Crippen LogP contribution < -0.4 is 0 Å². The average molecular weight is 1550 g/mol. The van der Waals surface area contributed by atoms with Crippen molar-refractivity contribution in [3.05, 3.63) is 0 Å². The van der Waals surface area contributed by atoms with Crippen LogP contribution >= 0.6 is 0 Å². The van der Waals surface area contributed by atoms with E-state index in [1.54, 1.807) is 136 Å². The summed E-state index contributed by atoms with van der Waals surface area (Å²) >= 11 is -2.28. The molecule has 0 spiro atoms. The highest BCUT2D eigenvalue weighted by molar-refractivity contribution is 7.92. The first-order valence-corrected chi connectivity index (χ1v) is 41.4. The minimum absolute atomic E-state index is 0.0278. The van der Waals surface area contributed by atoms with Gasteiger partial charge < -0.3 is 19.1 Å². The maximum Gasteiger partial charge on any atom is 0.310 e. The fourth-order valence-corrected chi connectivity index (χ4v) is 6.97. The topological polar surface area (TPSA) is 327 Å². The lowest BCUT2D eigenvalue weighted by molar-refractivity contribution is -0.152. The van der Waals surface area contributed by atoms with Gasteiger partial charge in [0.05, 0.1) is 68.8 Å².